The van der Waals surface area contributed by atoms with E-state index >= 15 is 0 Å². The fraction of sp³-hybridized carbons (Fsp3) is 0.231. The van der Waals surface area contributed by atoms with Crippen LogP contribution in [0, 0.1) is 0 Å². The van der Waals surface area contributed by atoms with Crippen LogP contribution in [0.1, 0.15) is 5.56 Å². The zero-order valence-electron chi connectivity index (χ0n) is 11.0. The van der Waals surface area contributed by atoms with E-state index in [1.807, 2.05) is 18.2 Å². The minimum absolute atomic E-state index is 0.253. The summed E-state index contributed by atoms with van der Waals surface area (Å²) in [5, 5.41) is 1.75. The molecule has 0 saturated carbocycles. The van der Waals surface area contributed by atoms with Crippen molar-refractivity contribution < 1.29 is 13.2 Å². The number of methoxy groups -OCH3 is 1. The Bertz CT molecular complexity index is 684. The number of ether oxygens (including phenoxy) is 1. The van der Waals surface area contributed by atoms with Crippen LogP contribution in [0.5, 0.6) is 5.75 Å². The maximum Gasteiger partial charge on any atom is 0.252 e. The Morgan fingerprint density at radius 1 is 1.35 bits per heavy atom. The SMILES string of the molecule is COc1ccc(Br)cc1CN(C)S(=O)(=O)c1cccs1. The molecule has 0 saturated heterocycles. The minimum Gasteiger partial charge on any atom is -0.496 e. The Kier molecular flexibility index (Phi) is 4.85. The molecule has 0 spiro atoms. The summed E-state index contributed by atoms with van der Waals surface area (Å²) < 4.78 is 32.5. The third kappa shape index (κ3) is 3.22. The highest BCUT2D eigenvalue weighted by molar-refractivity contribution is 9.10. The van der Waals surface area contributed by atoms with Crippen LogP contribution in [0.4, 0.5) is 0 Å². The number of rotatable bonds is 5. The molecule has 0 amide bonds. The van der Waals surface area contributed by atoms with Crippen molar-refractivity contribution in [2.24, 2.45) is 0 Å². The summed E-state index contributed by atoms with van der Waals surface area (Å²) >= 11 is 4.59. The number of halogens is 1. The number of nitrogens with zero attached hydrogens (tertiary/aromatic N) is 1. The van der Waals surface area contributed by atoms with Crippen LogP contribution in [0.3, 0.4) is 0 Å². The van der Waals surface area contributed by atoms with Gasteiger partial charge in [0.05, 0.1) is 7.11 Å². The number of benzene rings is 1. The van der Waals surface area contributed by atoms with Crippen LogP contribution < -0.4 is 4.74 Å². The van der Waals surface area contributed by atoms with Gasteiger partial charge in [-0.2, -0.15) is 4.31 Å². The summed E-state index contributed by atoms with van der Waals surface area (Å²) in [4.78, 5) is 0. The van der Waals surface area contributed by atoms with E-state index in [2.05, 4.69) is 15.9 Å². The lowest BCUT2D eigenvalue weighted by Gasteiger charge is -2.18. The van der Waals surface area contributed by atoms with Gasteiger partial charge in [-0.15, -0.1) is 11.3 Å². The average Bonchev–Trinajstić information content (AvgIpc) is 2.93. The highest BCUT2D eigenvalue weighted by Crippen LogP contribution is 2.27. The molecule has 0 aliphatic rings. The summed E-state index contributed by atoms with van der Waals surface area (Å²) in [6, 6.07) is 8.86. The summed E-state index contributed by atoms with van der Waals surface area (Å²) in [7, 11) is -0.316. The van der Waals surface area contributed by atoms with E-state index in [-0.39, 0.29) is 6.54 Å². The van der Waals surface area contributed by atoms with Crippen molar-refractivity contribution in [3.8, 4) is 5.75 Å². The number of thiophene rings is 1. The molecule has 108 valence electrons. The van der Waals surface area contributed by atoms with Gasteiger partial charge in [0.1, 0.15) is 9.96 Å². The Hall–Kier alpha value is -0.890. The monoisotopic (exact) mass is 375 g/mol. The van der Waals surface area contributed by atoms with Crippen molar-refractivity contribution in [2.75, 3.05) is 14.2 Å². The minimum atomic E-state index is -3.45. The molecule has 4 nitrogen and oxygen atoms in total. The predicted molar refractivity (Wildman–Crippen MR) is 83.7 cm³/mol. The first kappa shape index (κ1) is 15.5. The highest BCUT2D eigenvalue weighted by Gasteiger charge is 2.22. The van der Waals surface area contributed by atoms with E-state index in [4.69, 9.17) is 4.74 Å². The Morgan fingerprint density at radius 3 is 2.70 bits per heavy atom. The molecule has 20 heavy (non-hydrogen) atoms. The van der Waals surface area contributed by atoms with Gasteiger partial charge in [-0.3, -0.25) is 0 Å². The first-order valence-corrected chi connectivity index (χ1v) is 8.88. The highest BCUT2D eigenvalue weighted by atomic mass is 79.9. The second-order valence-electron chi connectivity index (χ2n) is 4.15. The van der Waals surface area contributed by atoms with Crippen molar-refractivity contribution in [1.29, 1.82) is 0 Å². The number of hydrogen-bond donors (Lipinski definition) is 0. The second-order valence-corrected chi connectivity index (χ2v) is 8.28. The molecule has 7 heteroatoms. The zero-order chi connectivity index (χ0) is 14.8. The quantitative estimate of drug-likeness (QED) is 0.804. The summed E-state index contributed by atoms with van der Waals surface area (Å²) in [5.74, 6) is 0.668. The zero-order valence-corrected chi connectivity index (χ0v) is 14.3. The fourth-order valence-corrected chi connectivity index (χ4v) is 4.52. The van der Waals surface area contributed by atoms with Crippen molar-refractivity contribution in [3.05, 3.63) is 45.7 Å². The molecular formula is C13H14BrNO3S2. The first-order chi connectivity index (χ1) is 9.45. The molecule has 1 heterocycles. The lowest BCUT2D eigenvalue weighted by Crippen LogP contribution is -2.26. The van der Waals surface area contributed by atoms with E-state index in [1.165, 1.54) is 15.6 Å². The second kappa shape index (κ2) is 6.26. The number of sulfonamides is 1. The summed E-state index contributed by atoms with van der Waals surface area (Å²) in [6.07, 6.45) is 0. The van der Waals surface area contributed by atoms with Gasteiger partial charge in [0.2, 0.25) is 0 Å². The van der Waals surface area contributed by atoms with Gasteiger partial charge >= 0.3 is 0 Å². The van der Waals surface area contributed by atoms with E-state index in [0.29, 0.717) is 9.96 Å². The lowest BCUT2D eigenvalue weighted by atomic mass is 10.2. The van der Waals surface area contributed by atoms with Gasteiger partial charge in [-0.1, -0.05) is 22.0 Å². The van der Waals surface area contributed by atoms with Crippen LogP contribution >= 0.6 is 27.3 Å². The lowest BCUT2D eigenvalue weighted by molar-refractivity contribution is 0.398. The smallest absolute Gasteiger partial charge is 0.252 e. The van der Waals surface area contributed by atoms with Gasteiger partial charge in [-0.25, -0.2) is 8.42 Å². The molecule has 0 fully saturated rings. The van der Waals surface area contributed by atoms with Crippen molar-refractivity contribution >= 4 is 37.3 Å². The summed E-state index contributed by atoms with van der Waals surface area (Å²) in [5.41, 5.74) is 0.810. The predicted octanol–water partition coefficient (Wildman–Crippen LogP) is 3.34. The molecule has 2 aromatic rings. The third-order valence-corrected chi connectivity index (χ3v) is 6.46. The van der Waals surface area contributed by atoms with E-state index in [0.717, 1.165) is 10.0 Å². The molecule has 0 N–H and O–H groups in total. The van der Waals surface area contributed by atoms with Gasteiger partial charge in [0, 0.05) is 23.6 Å². The molecule has 0 aliphatic heterocycles. The molecule has 0 radical (unpaired) electrons. The molecule has 0 bridgehead atoms. The third-order valence-electron chi connectivity index (χ3n) is 2.80. The largest absolute Gasteiger partial charge is 0.496 e. The van der Waals surface area contributed by atoms with Gasteiger partial charge in [0.15, 0.2) is 0 Å². The van der Waals surface area contributed by atoms with Crippen LogP contribution in [0.2, 0.25) is 0 Å². The van der Waals surface area contributed by atoms with Crippen LogP contribution in [0.25, 0.3) is 0 Å². The van der Waals surface area contributed by atoms with Crippen LogP contribution in [0.15, 0.2) is 44.4 Å². The number of hydrogen-bond acceptors (Lipinski definition) is 4. The first-order valence-electron chi connectivity index (χ1n) is 5.77. The molecule has 0 aliphatic carbocycles. The maximum atomic E-state index is 12.4. The average molecular weight is 376 g/mol. The standard InChI is InChI=1S/C13H14BrNO3S2/c1-15(20(16,17)13-4-3-7-19-13)9-10-8-11(14)5-6-12(10)18-2/h3-8H,9H2,1-2H3. The maximum absolute atomic E-state index is 12.4. The molecule has 1 aromatic carbocycles. The van der Waals surface area contributed by atoms with Crippen molar-refractivity contribution in [1.82, 2.24) is 4.31 Å². The topological polar surface area (TPSA) is 46.6 Å². The van der Waals surface area contributed by atoms with Crippen molar-refractivity contribution in [3.63, 3.8) is 0 Å². The molecule has 0 unspecified atom stereocenters. The van der Waals surface area contributed by atoms with Crippen LogP contribution in [-0.2, 0) is 16.6 Å². The summed E-state index contributed by atoms with van der Waals surface area (Å²) in [6.45, 7) is 0.253. The van der Waals surface area contributed by atoms with Gasteiger partial charge in [-0.05, 0) is 29.6 Å². The van der Waals surface area contributed by atoms with E-state index in [9.17, 15) is 8.42 Å². The Labute approximate surface area is 131 Å². The molecule has 0 atom stereocenters. The molecule has 2 rings (SSSR count). The normalized spacial score (nSPS) is 11.8. The fourth-order valence-electron chi connectivity index (χ4n) is 1.76. The van der Waals surface area contributed by atoms with E-state index in [1.54, 1.807) is 31.7 Å². The molecular weight excluding hydrogens is 362 g/mol. The van der Waals surface area contributed by atoms with Crippen molar-refractivity contribution in [2.45, 2.75) is 10.8 Å². The van der Waals surface area contributed by atoms with Gasteiger partial charge in [0.25, 0.3) is 10.0 Å². The van der Waals surface area contributed by atoms with E-state index < -0.39 is 10.0 Å². The van der Waals surface area contributed by atoms with Gasteiger partial charge < -0.3 is 4.74 Å². The Morgan fingerprint density at radius 2 is 2.10 bits per heavy atom. The Balaban J connectivity index is 2.28. The van der Waals surface area contributed by atoms with Crippen LogP contribution in [-0.4, -0.2) is 26.9 Å². The molecule has 1 aromatic heterocycles.